The molecule has 10 atom stereocenters. The van der Waals surface area contributed by atoms with E-state index in [1.54, 1.807) is 0 Å². The van der Waals surface area contributed by atoms with Crippen molar-refractivity contribution in [2.45, 2.75) is 58.3 Å². The number of carbonyl (C=O) groups is 2. The average Bonchev–Trinajstić information content (AvgIpc) is 2.95. The zero-order valence-corrected chi connectivity index (χ0v) is 15.2. The Kier molecular flexibility index (Phi) is 2.18. The van der Waals surface area contributed by atoms with E-state index in [9.17, 15) is 9.59 Å². The Morgan fingerprint density at radius 3 is 2.72 bits per heavy atom. The Morgan fingerprint density at radius 2 is 1.84 bits per heavy atom. The van der Waals surface area contributed by atoms with Gasteiger partial charge in [-0.2, -0.15) is 0 Å². The second-order valence-corrected chi connectivity index (χ2v) is 10.9. The van der Waals surface area contributed by atoms with Gasteiger partial charge in [-0.1, -0.05) is 19.1 Å². The SMILES string of the molecule is C[C@]12CC[C@H]3[C@@H](CC[C@]45C(=O)CC6[C@@H]7CC=C[C@@H]7C4[C@@]635)[C@@H]1CCC2=O. The molecule has 0 bridgehead atoms. The highest BCUT2D eigenvalue weighted by atomic mass is 16.1. The number of Topliss-reactive ketones (excluding diaryl/α,β-unsaturated/α-hetero) is 2. The van der Waals surface area contributed by atoms with Crippen LogP contribution >= 0.6 is 0 Å². The molecule has 132 valence electrons. The topological polar surface area (TPSA) is 34.1 Å². The van der Waals surface area contributed by atoms with Crippen molar-refractivity contribution in [3.8, 4) is 0 Å². The molecule has 6 saturated carbocycles. The second-order valence-electron chi connectivity index (χ2n) is 10.9. The van der Waals surface area contributed by atoms with Crippen LogP contribution in [0.3, 0.4) is 0 Å². The molecule has 7 aliphatic carbocycles. The zero-order chi connectivity index (χ0) is 16.8. The van der Waals surface area contributed by atoms with Crippen molar-refractivity contribution < 1.29 is 9.59 Å². The Morgan fingerprint density at radius 1 is 0.960 bits per heavy atom. The third-order valence-electron chi connectivity index (χ3n) is 11.0. The number of hydrogen-bond acceptors (Lipinski definition) is 2. The molecule has 2 nitrogen and oxygen atoms in total. The lowest BCUT2D eigenvalue weighted by molar-refractivity contribution is -0.134. The molecule has 0 aromatic carbocycles. The van der Waals surface area contributed by atoms with Gasteiger partial charge in [-0.25, -0.2) is 0 Å². The molecule has 1 spiro atoms. The van der Waals surface area contributed by atoms with Gasteiger partial charge in [0.15, 0.2) is 0 Å². The van der Waals surface area contributed by atoms with Crippen molar-refractivity contribution in [1.29, 1.82) is 0 Å². The lowest BCUT2D eigenvalue weighted by Gasteiger charge is -2.52. The summed E-state index contributed by atoms with van der Waals surface area (Å²) in [6, 6.07) is 0. The van der Waals surface area contributed by atoms with E-state index in [-0.39, 0.29) is 10.8 Å². The Labute approximate surface area is 149 Å². The molecule has 2 unspecified atom stereocenters. The molecule has 0 aromatic heterocycles. The van der Waals surface area contributed by atoms with Gasteiger partial charge in [0, 0.05) is 23.7 Å². The molecule has 0 heterocycles. The molecular weight excluding hydrogens is 308 g/mol. The van der Waals surface area contributed by atoms with Crippen LogP contribution in [0.5, 0.6) is 0 Å². The summed E-state index contributed by atoms with van der Waals surface area (Å²) < 4.78 is 0. The molecule has 7 rings (SSSR count). The molecular formula is C23H28O2. The summed E-state index contributed by atoms with van der Waals surface area (Å²) in [5, 5.41) is 0. The Balaban J connectivity index is 1.37. The van der Waals surface area contributed by atoms with E-state index in [2.05, 4.69) is 19.1 Å². The molecule has 6 fully saturated rings. The van der Waals surface area contributed by atoms with E-state index in [4.69, 9.17) is 0 Å². The third kappa shape index (κ3) is 1.13. The highest BCUT2D eigenvalue weighted by Gasteiger charge is 2.94. The van der Waals surface area contributed by atoms with E-state index in [0.29, 0.717) is 40.7 Å². The lowest BCUT2D eigenvalue weighted by atomic mass is 9.51. The third-order valence-corrected chi connectivity index (χ3v) is 11.0. The molecule has 0 saturated heterocycles. The van der Waals surface area contributed by atoms with Crippen LogP contribution in [0.15, 0.2) is 12.2 Å². The van der Waals surface area contributed by atoms with E-state index in [1.807, 2.05) is 0 Å². The lowest BCUT2D eigenvalue weighted by Crippen LogP contribution is -2.48. The summed E-state index contributed by atoms with van der Waals surface area (Å²) in [6.07, 6.45) is 13.7. The molecule has 2 heteroatoms. The molecule has 25 heavy (non-hydrogen) atoms. The van der Waals surface area contributed by atoms with E-state index in [1.165, 1.54) is 19.3 Å². The van der Waals surface area contributed by atoms with Crippen LogP contribution < -0.4 is 0 Å². The van der Waals surface area contributed by atoms with Crippen molar-refractivity contribution in [2.75, 3.05) is 0 Å². The number of ketones is 2. The van der Waals surface area contributed by atoms with Gasteiger partial charge in [-0.05, 0) is 85.4 Å². The fourth-order valence-electron chi connectivity index (χ4n) is 10.6. The fraction of sp³-hybridized carbons (Fsp3) is 0.826. The quantitative estimate of drug-likeness (QED) is 0.622. The maximum Gasteiger partial charge on any atom is 0.140 e. The minimum Gasteiger partial charge on any atom is -0.299 e. The highest BCUT2D eigenvalue weighted by Crippen LogP contribution is 2.94. The Bertz CT molecular complexity index is 766. The van der Waals surface area contributed by atoms with Gasteiger partial charge >= 0.3 is 0 Å². The van der Waals surface area contributed by atoms with Gasteiger partial charge < -0.3 is 0 Å². The van der Waals surface area contributed by atoms with Crippen molar-refractivity contribution in [3.63, 3.8) is 0 Å². The molecule has 0 amide bonds. The van der Waals surface area contributed by atoms with Gasteiger partial charge in [0.25, 0.3) is 0 Å². The van der Waals surface area contributed by atoms with E-state index < -0.39 is 0 Å². The molecule has 0 N–H and O–H groups in total. The maximum absolute atomic E-state index is 13.2. The standard InChI is InChI=1S/C23H28O2/c1-21-9-8-16-14(15(21)5-6-18(21)24)7-10-22-19(25)11-17-12-3-2-4-13(12)20(22)23(16,17)22/h2,4,12-17,20H,3,5-11H2,1H3/t12-,13+,14+,15+,16+,17?,20?,21+,22+,23+/m1/s1. The smallest absolute Gasteiger partial charge is 0.140 e. The monoisotopic (exact) mass is 336 g/mol. The second kappa shape index (κ2) is 3.85. The van der Waals surface area contributed by atoms with Crippen LogP contribution in [0.25, 0.3) is 0 Å². The summed E-state index contributed by atoms with van der Waals surface area (Å²) in [4.78, 5) is 25.8. The van der Waals surface area contributed by atoms with Crippen LogP contribution in [0, 0.1) is 57.7 Å². The van der Waals surface area contributed by atoms with Gasteiger partial charge in [0.2, 0.25) is 0 Å². The van der Waals surface area contributed by atoms with Crippen molar-refractivity contribution >= 4 is 11.6 Å². The first-order chi connectivity index (χ1) is 12.1. The van der Waals surface area contributed by atoms with E-state index in [0.717, 1.165) is 49.9 Å². The van der Waals surface area contributed by atoms with E-state index >= 15 is 0 Å². The number of carbonyl (C=O) groups excluding carboxylic acids is 2. The highest BCUT2D eigenvalue weighted by molar-refractivity contribution is 5.95. The van der Waals surface area contributed by atoms with Crippen LogP contribution in [-0.4, -0.2) is 11.6 Å². The minimum atomic E-state index is -0.0237. The van der Waals surface area contributed by atoms with Crippen LogP contribution in [-0.2, 0) is 9.59 Å². The minimum absolute atomic E-state index is 0.0237. The summed E-state index contributed by atoms with van der Waals surface area (Å²) in [5.41, 5.74) is 0.440. The van der Waals surface area contributed by atoms with Gasteiger partial charge in [0.1, 0.15) is 11.6 Å². The summed E-state index contributed by atoms with van der Waals surface area (Å²) in [5.74, 6) is 6.18. The largest absolute Gasteiger partial charge is 0.299 e. The zero-order valence-electron chi connectivity index (χ0n) is 15.2. The van der Waals surface area contributed by atoms with Crippen molar-refractivity contribution in [3.05, 3.63) is 12.2 Å². The van der Waals surface area contributed by atoms with Gasteiger partial charge in [-0.15, -0.1) is 0 Å². The fourth-order valence-corrected chi connectivity index (χ4v) is 10.6. The predicted molar refractivity (Wildman–Crippen MR) is 93.5 cm³/mol. The first-order valence-electron chi connectivity index (χ1n) is 10.8. The Hall–Kier alpha value is -0.920. The van der Waals surface area contributed by atoms with Crippen LogP contribution in [0.1, 0.15) is 58.3 Å². The first-order valence-corrected chi connectivity index (χ1v) is 10.8. The summed E-state index contributed by atoms with van der Waals surface area (Å²) in [6.45, 7) is 2.28. The number of rotatable bonds is 0. The number of fused-ring (bicyclic) bond motifs is 6. The van der Waals surface area contributed by atoms with Gasteiger partial charge in [-0.3, -0.25) is 9.59 Å². The average molecular weight is 336 g/mol. The molecule has 0 aromatic rings. The van der Waals surface area contributed by atoms with Gasteiger partial charge in [0.05, 0.1) is 0 Å². The molecule has 0 aliphatic heterocycles. The summed E-state index contributed by atoms with van der Waals surface area (Å²) in [7, 11) is 0. The van der Waals surface area contributed by atoms with Crippen molar-refractivity contribution in [1.82, 2.24) is 0 Å². The molecule has 7 aliphatic rings. The van der Waals surface area contributed by atoms with Crippen LogP contribution in [0.2, 0.25) is 0 Å². The molecule has 0 radical (unpaired) electrons. The number of allylic oxidation sites excluding steroid dienone is 2. The first kappa shape index (κ1) is 14.2. The normalized spacial score (nSPS) is 65.4. The maximum atomic E-state index is 13.2. The van der Waals surface area contributed by atoms with Crippen molar-refractivity contribution in [2.24, 2.45) is 57.7 Å². The number of hydrogen-bond donors (Lipinski definition) is 0. The predicted octanol–water partition coefficient (Wildman–Crippen LogP) is 4.19. The summed E-state index contributed by atoms with van der Waals surface area (Å²) >= 11 is 0. The van der Waals surface area contributed by atoms with Crippen LogP contribution in [0.4, 0.5) is 0 Å².